The van der Waals surface area contributed by atoms with Crippen molar-refractivity contribution >= 4 is 23.2 Å². The maximum Gasteiger partial charge on any atom is 0.349 e. The molecule has 0 bridgehead atoms. The predicted octanol–water partition coefficient (Wildman–Crippen LogP) is 0.807. The average Bonchev–Trinajstić information content (AvgIpc) is 2.73. The van der Waals surface area contributed by atoms with E-state index in [9.17, 15) is 9.59 Å². The molecule has 90 valence electrons. The number of amides is 1. The maximum absolute atomic E-state index is 11.3. The monoisotopic (exact) mass is 252 g/mol. The van der Waals surface area contributed by atoms with Gasteiger partial charge in [0.05, 0.1) is 19.3 Å². The number of hydrogen-bond donors (Lipinski definition) is 1. The first-order valence-corrected chi connectivity index (χ1v) is 5.81. The summed E-state index contributed by atoms with van der Waals surface area (Å²) in [5.41, 5.74) is 0. The van der Waals surface area contributed by atoms with E-state index in [1.165, 1.54) is 24.5 Å². The van der Waals surface area contributed by atoms with Gasteiger partial charge >= 0.3 is 5.97 Å². The second kappa shape index (κ2) is 6.66. The van der Waals surface area contributed by atoms with Crippen LogP contribution in [0.2, 0.25) is 0 Å². The van der Waals surface area contributed by atoms with Crippen molar-refractivity contribution in [3.05, 3.63) is 16.1 Å². The zero-order valence-electron chi connectivity index (χ0n) is 9.57. The SMILES string of the molecule is CCOC(=O)c1cnc(C#CCNC(C)=O)s1. The van der Waals surface area contributed by atoms with Gasteiger partial charge < -0.3 is 10.1 Å². The van der Waals surface area contributed by atoms with E-state index in [0.717, 1.165) is 0 Å². The number of hydrogen-bond acceptors (Lipinski definition) is 5. The van der Waals surface area contributed by atoms with Gasteiger partial charge in [0, 0.05) is 6.92 Å². The number of nitrogens with one attached hydrogen (secondary N) is 1. The molecule has 1 N–H and O–H groups in total. The standard InChI is InChI=1S/C11H12N2O3S/c1-3-16-11(15)9-7-13-10(17-9)5-4-6-12-8(2)14/h7H,3,6H2,1-2H3,(H,12,14). The quantitative estimate of drug-likeness (QED) is 0.638. The van der Waals surface area contributed by atoms with Crippen LogP contribution in [0.1, 0.15) is 28.5 Å². The molecule has 0 aliphatic rings. The molecule has 0 aliphatic carbocycles. The summed E-state index contributed by atoms with van der Waals surface area (Å²) in [5, 5.41) is 3.06. The molecule has 0 atom stereocenters. The Morgan fingerprint density at radius 2 is 2.35 bits per heavy atom. The van der Waals surface area contributed by atoms with E-state index >= 15 is 0 Å². The lowest BCUT2D eigenvalue weighted by Gasteiger charge is -1.95. The number of carbonyl (C=O) groups excluding carboxylic acids is 2. The third-order valence-electron chi connectivity index (χ3n) is 1.60. The Kier molecular flexibility index (Phi) is 5.17. The van der Waals surface area contributed by atoms with Gasteiger partial charge in [0.25, 0.3) is 0 Å². The number of carbonyl (C=O) groups is 2. The first-order chi connectivity index (χ1) is 8.13. The fraction of sp³-hybridized carbons (Fsp3) is 0.364. The van der Waals surface area contributed by atoms with Crippen molar-refractivity contribution in [1.82, 2.24) is 10.3 Å². The normalized spacial score (nSPS) is 9.06. The fourth-order valence-electron chi connectivity index (χ4n) is 0.917. The van der Waals surface area contributed by atoms with Gasteiger partial charge in [-0.1, -0.05) is 17.3 Å². The molecular weight excluding hydrogens is 240 g/mol. The number of esters is 1. The summed E-state index contributed by atoms with van der Waals surface area (Å²) in [6, 6.07) is 0. The van der Waals surface area contributed by atoms with Crippen molar-refractivity contribution in [3.8, 4) is 11.8 Å². The van der Waals surface area contributed by atoms with Crippen LogP contribution in [0, 0.1) is 11.8 Å². The zero-order valence-corrected chi connectivity index (χ0v) is 10.4. The molecule has 0 radical (unpaired) electrons. The average molecular weight is 252 g/mol. The number of rotatable bonds is 3. The molecule has 0 spiro atoms. The van der Waals surface area contributed by atoms with Crippen LogP contribution in [-0.2, 0) is 9.53 Å². The minimum absolute atomic E-state index is 0.134. The van der Waals surface area contributed by atoms with Gasteiger partial charge in [0.1, 0.15) is 4.88 Å². The lowest BCUT2D eigenvalue weighted by Crippen LogP contribution is -2.19. The molecule has 17 heavy (non-hydrogen) atoms. The van der Waals surface area contributed by atoms with Crippen LogP contribution < -0.4 is 5.32 Å². The maximum atomic E-state index is 11.3. The van der Waals surface area contributed by atoms with Crippen LogP contribution >= 0.6 is 11.3 Å². The highest BCUT2D eigenvalue weighted by molar-refractivity contribution is 7.14. The zero-order chi connectivity index (χ0) is 12.7. The molecular formula is C11H12N2O3S. The molecule has 1 aromatic rings. The Morgan fingerprint density at radius 3 is 3.00 bits per heavy atom. The van der Waals surface area contributed by atoms with Gasteiger partial charge in [-0.3, -0.25) is 4.79 Å². The summed E-state index contributed by atoms with van der Waals surface area (Å²) in [4.78, 5) is 26.3. The summed E-state index contributed by atoms with van der Waals surface area (Å²) in [5.74, 6) is 4.96. The van der Waals surface area contributed by atoms with Crippen molar-refractivity contribution in [2.75, 3.05) is 13.2 Å². The van der Waals surface area contributed by atoms with Crippen LogP contribution in [0.25, 0.3) is 0 Å². The second-order valence-corrected chi connectivity index (χ2v) is 3.99. The molecule has 1 amide bonds. The molecule has 1 heterocycles. The highest BCUT2D eigenvalue weighted by atomic mass is 32.1. The third kappa shape index (κ3) is 4.66. The van der Waals surface area contributed by atoms with E-state index in [2.05, 4.69) is 22.1 Å². The van der Waals surface area contributed by atoms with E-state index in [-0.39, 0.29) is 18.4 Å². The summed E-state index contributed by atoms with van der Waals surface area (Å²) in [6.07, 6.45) is 1.44. The number of nitrogens with zero attached hydrogens (tertiary/aromatic N) is 1. The molecule has 0 unspecified atom stereocenters. The summed E-state index contributed by atoms with van der Waals surface area (Å²) >= 11 is 1.17. The second-order valence-electron chi connectivity index (χ2n) is 2.96. The fourth-order valence-corrected chi connectivity index (χ4v) is 1.60. The molecule has 0 fully saturated rings. The van der Waals surface area contributed by atoms with Crippen LogP contribution in [0.5, 0.6) is 0 Å². The summed E-state index contributed by atoms with van der Waals surface area (Å²) in [7, 11) is 0. The minimum Gasteiger partial charge on any atom is -0.462 e. The largest absolute Gasteiger partial charge is 0.462 e. The van der Waals surface area contributed by atoms with E-state index < -0.39 is 0 Å². The van der Waals surface area contributed by atoms with Crippen molar-refractivity contribution in [2.24, 2.45) is 0 Å². The van der Waals surface area contributed by atoms with Crippen LogP contribution in [0.15, 0.2) is 6.20 Å². The molecule has 6 heteroatoms. The predicted molar refractivity (Wildman–Crippen MR) is 63.6 cm³/mol. The Bertz CT molecular complexity index is 471. The Labute approximate surface area is 103 Å². The van der Waals surface area contributed by atoms with Gasteiger partial charge in [-0.2, -0.15) is 0 Å². The van der Waals surface area contributed by atoms with Gasteiger partial charge in [0.2, 0.25) is 5.91 Å². The van der Waals surface area contributed by atoms with Crippen molar-refractivity contribution in [3.63, 3.8) is 0 Å². The van der Waals surface area contributed by atoms with Crippen molar-refractivity contribution < 1.29 is 14.3 Å². The lowest BCUT2D eigenvalue weighted by molar-refractivity contribution is -0.118. The first kappa shape index (κ1) is 13.2. The molecule has 0 saturated carbocycles. The smallest absolute Gasteiger partial charge is 0.349 e. The van der Waals surface area contributed by atoms with Crippen LogP contribution in [-0.4, -0.2) is 30.0 Å². The van der Waals surface area contributed by atoms with Crippen LogP contribution in [0.4, 0.5) is 0 Å². The first-order valence-electron chi connectivity index (χ1n) is 4.99. The van der Waals surface area contributed by atoms with Gasteiger partial charge in [-0.15, -0.1) is 0 Å². The third-order valence-corrected chi connectivity index (χ3v) is 2.50. The minimum atomic E-state index is -0.389. The summed E-state index contributed by atoms with van der Waals surface area (Å²) in [6.45, 7) is 3.76. The number of aromatic nitrogens is 1. The van der Waals surface area contributed by atoms with E-state index in [4.69, 9.17) is 4.74 Å². The number of thiazole rings is 1. The van der Waals surface area contributed by atoms with E-state index in [1.54, 1.807) is 6.92 Å². The van der Waals surface area contributed by atoms with Crippen LogP contribution in [0.3, 0.4) is 0 Å². The topological polar surface area (TPSA) is 68.3 Å². The van der Waals surface area contributed by atoms with Gasteiger partial charge in [0.15, 0.2) is 5.01 Å². The Balaban J connectivity index is 2.56. The highest BCUT2D eigenvalue weighted by Crippen LogP contribution is 2.12. The Hall–Kier alpha value is -1.87. The Morgan fingerprint density at radius 1 is 1.59 bits per heavy atom. The van der Waals surface area contributed by atoms with E-state index in [1.807, 2.05) is 0 Å². The van der Waals surface area contributed by atoms with Gasteiger partial charge in [-0.05, 0) is 12.8 Å². The molecule has 0 aromatic carbocycles. The molecule has 0 aliphatic heterocycles. The highest BCUT2D eigenvalue weighted by Gasteiger charge is 2.09. The van der Waals surface area contributed by atoms with Crippen molar-refractivity contribution in [1.29, 1.82) is 0 Å². The van der Waals surface area contributed by atoms with Gasteiger partial charge in [-0.25, -0.2) is 9.78 Å². The lowest BCUT2D eigenvalue weighted by atomic mass is 10.5. The molecule has 1 aromatic heterocycles. The summed E-state index contributed by atoms with van der Waals surface area (Å²) < 4.78 is 4.82. The van der Waals surface area contributed by atoms with E-state index in [0.29, 0.717) is 16.5 Å². The molecule has 1 rings (SSSR count). The number of ether oxygens (including phenoxy) is 1. The molecule has 5 nitrogen and oxygen atoms in total. The van der Waals surface area contributed by atoms with Crippen molar-refractivity contribution in [2.45, 2.75) is 13.8 Å². The molecule has 0 saturated heterocycles.